The number of nitrogens with zero attached hydrogens (tertiary/aromatic N) is 2. The van der Waals surface area contributed by atoms with Crippen LogP contribution in [0.2, 0.25) is 0 Å². The lowest BCUT2D eigenvalue weighted by molar-refractivity contribution is -0.143. The summed E-state index contributed by atoms with van der Waals surface area (Å²) in [5.74, 6) is -3.72. The van der Waals surface area contributed by atoms with Crippen molar-refractivity contribution < 1.29 is 23.5 Å². The number of aliphatic carboxylic acids is 1. The van der Waals surface area contributed by atoms with Gasteiger partial charge < -0.3 is 14.9 Å². The van der Waals surface area contributed by atoms with E-state index in [0.29, 0.717) is 13.0 Å². The Balaban J connectivity index is 2.00. The number of likely N-dealkylation sites (tertiary alicyclic amines) is 2. The Kier molecular flexibility index (Phi) is 3.91. The zero-order valence-electron chi connectivity index (χ0n) is 10.6. The Morgan fingerprint density at radius 3 is 2.32 bits per heavy atom. The van der Waals surface area contributed by atoms with E-state index < -0.39 is 24.0 Å². The van der Waals surface area contributed by atoms with Crippen molar-refractivity contribution >= 4 is 12.0 Å². The number of urea groups is 1. The van der Waals surface area contributed by atoms with Gasteiger partial charge in [-0.3, -0.25) is 0 Å². The summed E-state index contributed by atoms with van der Waals surface area (Å²) in [5.41, 5.74) is 0. The van der Waals surface area contributed by atoms with Crippen molar-refractivity contribution in [1.29, 1.82) is 0 Å². The Labute approximate surface area is 110 Å². The first-order valence-electron chi connectivity index (χ1n) is 6.57. The summed E-state index contributed by atoms with van der Waals surface area (Å²) in [6, 6.07) is -1.23. The van der Waals surface area contributed by atoms with Gasteiger partial charge in [-0.1, -0.05) is 0 Å². The molecular weight excluding hydrogens is 258 g/mol. The number of halogens is 2. The zero-order valence-corrected chi connectivity index (χ0v) is 10.6. The van der Waals surface area contributed by atoms with Crippen molar-refractivity contribution in [1.82, 2.24) is 9.80 Å². The number of carbonyl (C=O) groups is 2. The molecule has 1 unspecified atom stereocenters. The minimum absolute atomic E-state index is 0.00529. The maximum atomic E-state index is 13.0. The lowest BCUT2D eigenvalue weighted by atomic mass is 10.0. The standard InChI is InChI=1S/C12H18F2N2O3/c13-12(14)4-7-15(8-5-12)11(19)16-6-2-1-3-9(16)10(17)18/h9H,1-8H2,(H,17,18). The van der Waals surface area contributed by atoms with Crippen molar-refractivity contribution in [2.45, 2.75) is 44.1 Å². The Bertz CT molecular complexity index is 366. The van der Waals surface area contributed by atoms with Crippen molar-refractivity contribution in [2.75, 3.05) is 19.6 Å². The van der Waals surface area contributed by atoms with Gasteiger partial charge in [0.1, 0.15) is 6.04 Å². The monoisotopic (exact) mass is 276 g/mol. The smallest absolute Gasteiger partial charge is 0.326 e. The molecule has 5 nitrogen and oxygen atoms in total. The molecule has 108 valence electrons. The molecule has 7 heteroatoms. The van der Waals surface area contributed by atoms with Gasteiger partial charge in [0.2, 0.25) is 0 Å². The van der Waals surface area contributed by atoms with Crippen LogP contribution in [0, 0.1) is 0 Å². The first-order valence-corrected chi connectivity index (χ1v) is 6.57. The molecule has 0 aliphatic carbocycles. The highest BCUT2D eigenvalue weighted by atomic mass is 19.3. The van der Waals surface area contributed by atoms with Gasteiger partial charge in [0.25, 0.3) is 5.92 Å². The highest BCUT2D eigenvalue weighted by Crippen LogP contribution is 2.29. The normalized spacial score (nSPS) is 27.2. The summed E-state index contributed by atoms with van der Waals surface area (Å²) in [5, 5.41) is 9.11. The van der Waals surface area contributed by atoms with Crippen LogP contribution in [0.1, 0.15) is 32.1 Å². The SMILES string of the molecule is O=C(O)C1CCCCN1C(=O)N1CCC(F)(F)CC1. The molecule has 1 N–H and O–H groups in total. The van der Waals surface area contributed by atoms with Gasteiger partial charge in [-0.15, -0.1) is 0 Å². The summed E-state index contributed by atoms with van der Waals surface area (Å²) in [7, 11) is 0. The van der Waals surface area contributed by atoms with Gasteiger partial charge in [0.15, 0.2) is 0 Å². The summed E-state index contributed by atoms with van der Waals surface area (Å²) in [4.78, 5) is 26.0. The Hall–Kier alpha value is -1.40. The third-order valence-corrected chi connectivity index (χ3v) is 3.80. The maximum absolute atomic E-state index is 13.0. The van der Waals surface area contributed by atoms with Crippen LogP contribution in [0.5, 0.6) is 0 Å². The van der Waals surface area contributed by atoms with Crippen LogP contribution in [0.3, 0.4) is 0 Å². The van der Waals surface area contributed by atoms with Gasteiger partial charge in [-0.2, -0.15) is 0 Å². The molecule has 2 amide bonds. The fraction of sp³-hybridized carbons (Fsp3) is 0.833. The van der Waals surface area contributed by atoms with Gasteiger partial charge >= 0.3 is 12.0 Å². The number of piperidine rings is 2. The third-order valence-electron chi connectivity index (χ3n) is 3.80. The van der Waals surface area contributed by atoms with Crippen LogP contribution >= 0.6 is 0 Å². The minimum atomic E-state index is -2.70. The largest absolute Gasteiger partial charge is 0.480 e. The van der Waals surface area contributed by atoms with Crippen molar-refractivity contribution in [3.63, 3.8) is 0 Å². The molecule has 0 spiro atoms. The number of carbonyl (C=O) groups excluding carboxylic acids is 1. The first kappa shape index (κ1) is 14.0. The fourth-order valence-electron chi connectivity index (χ4n) is 2.62. The van der Waals surface area contributed by atoms with E-state index in [1.54, 1.807) is 0 Å². The van der Waals surface area contributed by atoms with E-state index in [0.717, 1.165) is 12.8 Å². The molecule has 0 radical (unpaired) electrons. The molecule has 0 bridgehead atoms. The van der Waals surface area contributed by atoms with Crippen LogP contribution in [-0.2, 0) is 4.79 Å². The molecular formula is C12H18F2N2O3. The molecule has 2 aliphatic rings. The van der Waals surface area contributed by atoms with Gasteiger partial charge in [-0.25, -0.2) is 18.4 Å². The number of carboxylic acids is 1. The molecule has 0 aromatic carbocycles. The first-order chi connectivity index (χ1) is 8.91. The lowest BCUT2D eigenvalue weighted by Crippen LogP contribution is -2.55. The van der Waals surface area contributed by atoms with Crippen LogP contribution in [0.4, 0.5) is 13.6 Å². The molecule has 2 fully saturated rings. The number of carboxylic acid groups (broad SMARTS) is 1. The average Bonchev–Trinajstić information content (AvgIpc) is 2.38. The van der Waals surface area contributed by atoms with Crippen LogP contribution in [0.25, 0.3) is 0 Å². The molecule has 2 heterocycles. The molecule has 0 aromatic rings. The molecule has 0 aromatic heterocycles. The molecule has 2 saturated heterocycles. The Morgan fingerprint density at radius 1 is 1.11 bits per heavy atom. The van der Waals surface area contributed by atoms with Gasteiger partial charge in [0.05, 0.1) is 0 Å². The van der Waals surface area contributed by atoms with E-state index in [9.17, 15) is 18.4 Å². The van der Waals surface area contributed by atoms with Gasteiger partial charge in [0, 0.05) is 32.5 Å². The topological polar surface area (TPSA) is 60.9 Å². The van der Waals surface area contributed by atoms with Crippen molar-refractivity contribution in [3.05, 3.63) is 0 Å². The third kappa shape index (κ3) is 3.13. The summed E-state index contributed by atoms with van der Waals surface area (Å²) in [6.45, 7) is 0.381. The predicted octanol–water partition coefficient (Wildman–Crippen LogP) is 1.78. The highest BCUT2D eigenvalue weighted by molar-refractivity contribution is 5.83. The average molecular weight is 276 g/mol. The number of hydrogen-bond donors (Lipinski definition) is 1. The number of hydrogen-bond acceptors (Lipinski definition) is 2. The van der Waals surface area contributed by atoms with E-state index in [4.69, 9.17) is 5.11 Å². The molecule has 2 aliphatic heterocycles. The van der Waals surface area contributed by atoms with Crippen LogP contribution in [0.15, 0.2) is 0 Å². The Morgan fingerprint density at radius 2 is 1.74 bits per heavy atom. The van der Waals surface area contributed by atoms with Gasteiger partial charge in [-0.05, 0) is 19.3 Å². The zero-order chi connectivity index (χ0) is 14.0. The molecule has 19 heavy (non-hydrogen) atoms. The van der Waals surface area contributed by atoms with E-state index in [-0.39, 0.29) is 25.9 Å². The van der Waals surface area contributed by atoms with E-state index in [2.05, 4.69) is 0 Å². The predicted molar refractivity (Wildman–Crippen MR) is 63.1 cm³/mol. The van der Waals surface area contributed by atoms with E-state index in [1.807, 2.05) is 0 Å². The van der Waals surface area contributed by atoms with Crippen LogP contribution in [-0.4, -0.2) is 58.5 Å². The maximum Gasteiger partial charge on any atom is 0.326 e. The van der Waals surface area contributed by atoms with E-state index in [1.165, 1.54) is 9.80 Å². The van der Waals surface area contributed by atoms with Crippen molar-refractivity contribution in [2.24, 2.45) is 0 Å². The van der Waals surface area contributed by atoms with Crippen molar-refractivity contribution in [3.8, 4) is 0 Å². The number of alkyl halides is 2. The molecule has 1 atom stereocenters. The number of amides is 2. The quantitative estimate of drug-likeness (QED) is 0.794. The van der Waals surface area contributed by atoms with Crippen LogP contribution < -0.4 is 0 Å². The fourth-order valence-corrected chi connectivity index (χ4v) is 2.62. The second-order valence-electron chi connectivity index (χ2n) is 5.17. The molecule has 0 saturated carbocycles. The summed E-state index contributed by atoms with van der Waals surface area (Å²) in [6.07, 6.45) is 1.29. The summed E-state index contributed by atoms with van der Waals surface area (Å²) >= 11 is 0. The summed E-state index contributed by atoms with van der Waals surface area (Å²) < 4.78 is 26.1. The lowest BCUT2D eigenvalue weighted by Gasteiger charge is -2.39. The highest BCUT2D eigenvalue weighted by Gasteiger charge is 2.39. The minimum Gasteiger partial charge on any atom is -0.480 e. The number of rotatable bonds is 1. The molecule has 2 rings (SSSR count). The van der Waals surface area contributed by atoms with E-state index >= 15 is 0 Å². The second kappa shape index (κ2) is 5.30. The second-order valence-corrected chi connectivity index (χ2v) is 5.17.